The van der Waals surface area contributed by atoms with Crippen LogP contribution in [-0.4, -0.2) is 20.6 Å². The number of carbonyl (C=O) groups is 1. The maximum atomic E-state index is 12.4. The van der Waals surface area contributed by atoms with Crippen LogP contribution < -0.4 is 5.32 Å². The molecule has 1 heterocycles. The largest absolute Gasteiger partial charge is 0.322 e. The average Bonchev–Trinajstić information content (AvgIpc) is 3.04. The van der Waals surface area contributed by atoms with Gasteiger partial charge in [0.25, 0.3) is 5.91 Å². The lowest BCUT2D eigenvalue weighted by Crippen LogP contribution is -2.11. The molecule has 2 aromatic carbocycles. The second kappa shape index (κ2) is 7.00. The number of carbonyl (C=O) groups excluding carboxylic acids is 1. The van der Waals surface area contributed by atoms with E-state index in [1.807, 2.05) is 30.3 Å². The summed E-state index contributed by atoms with van der Waals surface area (Å²) in [7, 11) is -3.41. The van der Waals surface area contributed by atoms with Crippen LogP contribution in [0.5, 0.6) is 0 Å². The molecular weight excluding hydrogens is 378 g/mol. The number of thiophene rings is 1. The van der Waals surface area contributed by atoms with Crippen molar-refractivity contribution < 1.29 is 13.2 Å². The first kappa shape index (κ1) is 17.7. The van der Waals surface area contributed by atoms with Crippen molar-refractivity contribution in [2.45, 2.75) is 4.90 Å². The van der Waals surface area contributed by atoms with E-state index in [0.717, 1.165) is 16.7 Å². The summed E-state index contributed by atoms with van der Waals surface area (Å²) < 4.78 is 23.4. The van der Waals surface area contributed by atoms with Crippen molar-refractivity contribution in [3.63, 3.8) is 0 Å². The number of amides is 1. The Labute approximate surface area is 155 Å². The van der Waals surface area contributed by atoms with Gasteiger partial charge in [0.15, 0.2) is 9.84 Å². The molecule has 0 spiro atoms. The van der Waals surface area contributed by atoms with Crippen LogP contribution in [0.3, 0.4) is 0 Å². The predicted octanol–water partition coefficient (Wildman–Crippen LogP) is 4.72. The van der Waals surface area contributed by atoms with E-state index in [4.69, 9.17) is 11.6 Å². The van der Waals surface area contributed by atoms with Gasteiger partial charge in [-0.05, 0) is 29.8 Å². The number of hydrogen-bond donors (Lipinski definition) is 1. The highest BCUT2D eigenvalue weighted by molar-refractivity contribution is 7.90. The van der Waals surface area contributed by atoms with E-state index in [1.54, 1.807) is 11.4 Å². The van der Waals surface area contributed by atoms with Gasteiger partial charge in [-0.3, -0.25) is 4.79 Å². The Morgan fingerprint density at radius 2 is 1.80 bits per heavy atom. The fourth-order valence-electron chi connectivity index (χ4n) is 2.26. The van der Waals surface area contributed by atoms with Crippen molar-refractivity contribution in [3.8, 4) is 10.4 Å². The van der Waals surface area contributed by atoms with Gasteiger partial charge in [-0.1, -0.05) is 41.9 Å². The van der Waals surface area contributed by atoms with E-state index in [-0.39, 0.29) is 15.8 Å². The highest BCUT2D eigenvalue weighted by Gasteiger charge is 2.14. The number of benzene rings is 2. The van der Waals surface area contributed by atoms with Crippen molar-refractivity contribution in [2.75, 3.05) is 11.6 Å². The molecule has 1 aromatic heterocycles. The molecule has 0 aliphatic carbocycles. The highest BCUT2D eigenvalue weighted by Crippen LogP contribution is 2.28. The summed E-state index contributed by atoms with van der Waals surface area (Å²) in [5.74, 6) is -0.319. The molecule has 3 aromatic rings. The third-order valence-electron chi connectivity index (χ3n) is 3.48. The van der Waals surface area contributed by atoms with E-state index < -0.39 is 9.84 Å². The zero-order chi connectivity index (χ0) is 18.0. The molecule has 0 aliphatic heterocycles. The Morgan fingerprint density at radius 3 is 2.48 bits per heavy atom. The molecule has 0 saturated carbocycles. The molecule has 0 aliphatic rings. The topological polar surface area (TPSA) is 63.2 Å². The van der Waals surface area contributed by atoms with Crippen LogP contribution in [0.1, 0.15) is 10.4 Å². The van der Waals surface area contributed by atoms with Crippen LogP contribution in [0.2, 0.25) is 5.02 Å². The quantitative estimate of drug-likeness (QED) is 0.699. The number of rotatable bonds is 4. The predicted molar refractivity (Wildman–Crippen MR) is 102 cm³/mol. The van der Waals surface area contributed by atoms with Gasteiger partial charge in [-0.2, -0.15) is 0 Å². The molecule has 0 fully saturated rings. The van der Waals surface area contributed by atoms with Gasteiger partial charge in [0.05, 0.1) is 10.5 Å². The highest BCUT2D eigenvalue weighted by atomic mass is 35.5. The monoisotopic (exact) mass is 391 g/mol. The molecule has 0 saturated heterocycles. The number of nitrogens with one attached hydrogen (secondary N) is 1. The van der Waals surface area contributed by atoms with Crippen LogP contribution in [0.4, 0.5) is 5.69 Å². The first-order valence-electron chi connectivity index (χ1n) is 7.29. The van der Waals surface area contributed by atoms with Crippen molar-refractivity contribution in [1.29, 1.82) is 0 Å². The number of hydrogen-bond acceptors (Lipinski definition) is 4. The Morgan fingerprint density at radius 1 is 1.08 bits per heavy atom. The minimum Gasteiger partial charge on any atom is -0.322 e. The van der Waals surface area contributed by atoms with Gasteiger partial charge in [0, 0.05) is 27.2 Å². The molecular formula is C18H14ClNO3S2. The maximum Gasteiger partial charge on any atom is 0.256 e. The van der Waals surface area contributed by atoms with Crippen LogP contribution >= 0.6 is 22.9 Å². The molecule has 1 amide bonds. The molecule has 128 valence electrons. The molecule has 0 radical (unpaired) electrons. The van der Waals surface area contributed by atoms with Crippen molar-refractivity contribution >= 4 is 44.4 Å². The van der Waals surface area contributed by atoms with E-state index in [1.165, 1.54) is 29.5 Å². The third kappa shape index (κ3) is 4.28. The first-order valence-corrected chi connectivity index (χ1v) is 10.4. The van der Waals surface area contributed by atoms with Gasteiger partial charge in [-0.25, -0.2) is 8.42 Å². The van der Waals surface area contributed by atoms with Gasteiger partial charge < -0.3 is 5.32 Å². The van der Waals surface area contributed by atoms with Gasteiger partial charge >= 0.3 is 0 Å². The van der Waals surface area contributed by atoms with E-state index >= 15 is 0 Å². The second-order valence-corrected chi connectivity index (χ2v) is 8.83. The Balaban J connectivity index is 1.84. The summed E-state index contributed by atoms with van der Waals surface area (Å²) in [6.07, 6.45) is 1.09. The SMILES string of the molecule is CS(=O)(=O)c1cc(Cl)cc(NC(=O)c2csc(-c3ccccc3)c2)c1. The fraction of sp³-hybridized carbons (Fsp3) is 0.0556. The smallest absolute Gasteiger partial charge is 0.256 e. The number of halogens is 1. The van der Waals surface area contributed by atoms with Crippen molar-refractivity contribution in [3.05, 3.63) is 70.6 Å². The first-order chi connectivity index (χ1) is 11.8. The molecule has 3 rings (SSSR count). The lowest BCUT2D eigenvalue weighted by Gasteiger charge is -2.07. The zero-order valence-electron chi connectivity index (χ0n) is 13.2. The summed E-state index contributed by atoms with van der Waals surface area (Å²) >= 11 is 7.43. The standard InChI is InChI=1S/C18H14ClNO3S2/c1-25(22,23)16-9-14(19)8-15(10-16)20-18(21)13-7-17(24-11-13)12-5-3-2-4-6-12/h2-11H,1H3,(H,20,21). The summed E-state index contributed by atoms with van der Waals surface area (Å²) in [6, 6.07) is 15.8. The van der Waals surface area contributed by atoms with Gasteiger partial charge in [0.1, 0.15) is 0 Å². The summed E-state index contributed by atoms with van der Waals surface area (Å²) in [4.78, 5) is 13.5. The zero-order valence-corrected chi connectivity index (χ0v) is 15.6. The van der Waals surface area contributed by atoms with Gasteiger partial charge in [0.2, 0.25) is 0 Å². The molecule has 0 bridgehead atoms. The van der Waals surface area contributed by atoms with E-state index in [2.05, 4.69) is 5.32 Å². The summed E-state index contributed by atoms with van der Waals surface area (Å²) in [5.41, 5.74) is 1.88. The third-order valence-corrected chi connectivity index (χ3v) is 5.77. The summed E-state index contributed by atoms with van der Waals surface area (Å²) in [5, 5.41) is 4.70. The van der Waals surface area contributed by atoms with Gasteiger partial charge in [-0.15, -0.1) is 11.3 Å². The minimum absolute atomic E-state index is 0.0607. The lowest BCUT2D eigenvalue weighted by atomic mass is 10.1. The molecule has 1 N–H and O–H groups in total. The Hall–Kier alpha value is -2.15. The minimum atomic E-state index is -3.41. The van der Waals surface area contributed by atoms with Crippen LogP contribution in [0, 0.1) is 0 Å². The van der Waals surface area contributed by atoms with Crippen LogP contribution in [0.15, 0.2) is 64.9 Å². The molecule has 4 nitrogen and oxygen atoms in total. The molecule has 0 atom stereocenters. The second-order valence-electron chi connectivity index (χ2n) is 5.47. The van der Waals surface area contributed by atoms with Crippen molar-refractivity contribution in [2.24, 2.45) is 0 Å². The van der Waals surface area contributed by atoms with E-state index in [9.17, 15) is 13.2 Å². The number of sulfone groups is 1. The molecule has 7 heteroatoms. The summed E-state index contributed by atoms with van der Waals surface area (Å²) in [6.45, 7) is 0. The normalized spacial score (nSPS) is 11.3. The Kier molecular flexibility index (Phi) is 4.94. The molecule has 25 heavy (non-hydrogen) atoms. The van der Waals surface area contributed by atoms with Crippen molar-refractivity contribution in [1.82, 2.24) is 0 Å². The maximum absolute atomic E-state index is 12.4. The Bertz CT molecular complexity index is 1030. The van der Waals surface area contributed by atoms with Crippen LogP contribution in [0.25, 0.3) is 10.4 Å². The molecule has 0 unspecified atom stereocenters. The lowest BCUT2D eigenvalue weighted by molar-refractivity contribution is 0.102. The van der Waals surface area contributed by atoms with Crippen LogP contribution in [-0.2, 0) is 9.84 Å². The fourth-order valence-corrected chi connectivity index (χ4v) is 4.14. The number of anilines is 1. The average molecular weight is 392 g/mol. The van der Waals surface area contributed by atoms with E-state index in [0.29, 0.717) is 11.3 Å².